The maximum Gasteiger partial charge on any atom is 0.314 e. The topological polar surface area (TPSA) is 64.7 Å². The number of carbonyl (C=O) groups is 2. The van der Waals surface area contributed by atoms with Gasteiger partial charge in [0.2, 0.25) is 0 Å². The average molecular weight is 366 g/mol. The first-order chi connectivity index (χ1) is 12.9. The highest BCUT2D eigenvalue weighted by Gasteiger charge is 2.16. The number of nitrogens with one attached hydrogen (secondary N) is 2. The van der Waals surface area contributed by atoms with Crippen LogP contribution in [0, 0.1) is 13.8 Å². The second-order valence-electron chi connectivity index (χ2n) is 7.04. The number of hydrogen-bond acceptors (Lipinski definition) is 4. The minimum absolute atomic E-state index is 0.605. The van der Waals surface area contributed by atoms with Crippen molar-refractivity contribution in [3.05, 3.63) is 53.6 Å². The molecule has 1 heterocycles. The van der Waals surface area contributed by atoms with Gasteiger partial charge in [-0.05, 0) is 68.4 Å². The number of amides is 2. The third-order valence-corrected chi connectivity index (χ3v) is 4.96. The van der Waals surface area contributed by atoms with Gasteiger partial charge in [-0.2, -0.15) is 0 Å². The highest BCUT2D eigenvalue weighted by atomic mass is 16.2. The van der Waals surface area contributed by atoms with E-state index in [4.69, 9.17) is 0 Å². The monoisotopic (exact) mass is 366 g/mol. The van der Waals surface area contributed by atoms with Crippen LogP contribution in [-0.4, -0.2) is 49.9 Å². The molecule has 0 spiro atoms. The molecule has 1 fully saturated rings. The van der Waals surface area contributed by atoms with Crippen LogP contribution in [0.25, 0.3) is 0 Å². The molecule has 2 amide bonds. The molecule has 142 valence electrons. The third kappa shape index (κ3) is 4.86. The van der Waals surface area contributed by atoms with Crippen LogP contribution in [0.5, 0.6) is 0 Å². The lowest BCUT2D eigenvalue weighted by molar-refractivity contribution is -0.132. The summed E-state index contributed by atoms with van der Waals surface area (Å²) in [5, 5.41) is 5.28. The van der Waals surface area contributed by atoms with Gasteiger partial charge >= 0.3 is 11.8 Å². The van der Waals surface area contributed by atoms with Crippen molar-refractivity contribution >= 4 is 28.9 Å². The first kappa shape index (κ1) is 18.9. The Morgan fingerprint density at radius 3 is 1.93 bits per heavy atom. The molecule has 1 aliphatic heterocycles. The van der Waals surface area contributed by atoms with Gasteiger partial charge in [-0.25, -0.2) is 0 Å². The van der Waals surface area contributed by atoms with Crippen LogP contribution in [0.1, 0.15) is 11.1 Å². The number of rotatable bonds is 3. The summed E-state index contributed by atoms with van der Waals surface area (Å²) in [6, 6.07) is 13.2. The minimum atomic E-state index is -0.680. The number of piperazine rings is 1. The number of benzene rings is 2. The normalized spacial score (nSPS) is 14.7. The molecule has 6 heteroatoms. The summed E-state index contributed by atoms with van der Waals surface area (Å²) in [5.74, 6) is -1.36. The summed E-state index contributed by atoms with van der Waals surface area (Å²) >= 11 is 0. The summed E-state index contributed by atoms with van der Waals surface area (Å²) in [4.78, 5) is 28.9. The van der Waals surface area contributed by atoms with Crippen molar-refractivity contribution in [2.24, 2.45) is 0 Å². The van der Waals surface area contributed by atoms with Crippen LogP contribution in [0.2, 0.25) is 0 Å². The number of likely N-dealkylation sites (N-methyl/N-ethyl adjacent to an activating group) is 1. The Morgan fingerprint density at radius 1 is 0.778 bits per heavy atom. The fourth-order valence-corrected chi connectivity index (χ4v) is 3.02. The molecule has 1 aliphatic rings. The summed E-state index contributed by atoms with van der Waals surface area (Å²) < 4.78 is 0. The molecular formula is C21H26N4O2. The van der Waals surface area contributed by atoms with Gasteiger partial charge in [0.05, 0.1) is 0 Å². The molecule has 3 rings (SSSR count). The number of hydrogen-bond donors (Lipinski definition) is 2. The number of aryl methyl sites for hydroxylation is 2. The van der Waals surface area contributed by atoms with E-state index in [0.717, 1.165) is 43.0 Å². The smallest absolute Gasteiger partial charge is 0.314 e. The van der Waals surface area contributed by atoms with E-state index >= 15 is 0 Å². The van der Waals surface area contributed by atoms with Gasteiger partial charge in [0.15, 0.2) is 0 Å². The zero-order valence-corrected chi connectivity index (χ0v) is 16.1. The largest absolute Gasteiger partial charge is 0.369 e. The molecule has 1 saturated heterocycles. The van der Waals surface area contributed by atoms with Gasteiger partial charge in [-0.15, -0.1) is 0 Å². The van der Waals surface area contributed by atoms with Gasteiger partial charge in [0.25, 0.3) is 0 Å². The minimum Gasteiger partial charge on any atom is -0.369 e. The van der Waals surface area contributed by atoms with Crippen molar-refractivity contribution in [2.45, 2.75) is 13.8 Å². The Morgan fingerprint density at radius 2 is 1.33 bits per heavy atom. The predicted octanol–water partition coefficient (Wildman–Crippen LogP) is 2.63. The quantitative estimate of drug-likeness (QED) is 0.820. The Hall–Kier alpha value is -2.86. The van der Waals surface area contributed by atoms with E-state index in [1.54, 1.807) is 6.07 Å². The highest BCUT2D eigenvalue weighted by Crippen LogP contribution is 2.19. The summed E-state index contributed by atoms with van der Waals surface area (Å²) in [5.41, 5.74) is 4.54. The molecule has 0 radical (unpaired) electrons. The van der Waals surface area contributed by atoms with E-state index in [9.17, 15) is 9.59 Å². The average Bonchev–Trinajstić information content (AvgIpc) is 2.66. The predicted molar refractivity (Wildman–Crippen MR) is 109 cm³/mol. The molecule has 0 unspecified atom stereocenters. The Kier molecular flexibility index (Phi) is 5.76. The second kappa shape index (κ2) is 8.22. The van der Waals surface area contributed by atoms with Gasteiger partial charge in [-0.3, -0.25) is 9.59 Å². The molecule has 0 bridgehead atoms. The van der Waals surface area contributed by atoms with Gasteiger partial charge in [0.1, 0.15) is 0 Å². The highest BCUT2D eigenvalue weighted by molar-refractivity contribution is 6.43. The van der Waals surface area contributed by atoms with Crippen LogP contribution in [0.4, 0.5) is 17.1 Å². The molecule has 6 nitrogen and oxygen atoms in total. The third-order valence-electron chi connectivity index (χ3n) is 4.96. The molecule has 0 aromatic heterocycles. The van der Waals surface area contributed by atoms with Crippen LogP contribution < -0.4 is 15.5 Å². The second-order valence-corrected chi connectivity index (χ2v) is 7.04. The van der Waals surface area contributed by atoms with Crippen molar-refractivity contribution in [3.8, 4) is 0 Å². The Labute approximate surface area is 160 Å². The fourth-order valence-electron chi connectivity index (χ4n) is 3.02. The molecule has 0 saturated carbocycles. The van der Waals surface area contributed by atoms with Crippen molar-refractivity contribution in [1.82, 2.24) is 4.90 Å². The van der Waals surface area contributed by atoms with E-state index in [1.165, 1.54) is 0 Å². The number of anilines is 3. The molecule has 27 heavy (non-hydrogen) atoms. The lowest BCUT2D eigenvalue weighted by Crippen LogP contribution is -2.44. The fraction of sp³-hybridized carbons (Fsp3) is 0.333. The van der Waals surface area contributed by atoms with Gasteiger partial charge in [-0.1, -0.05) is 6.07 Å². The summed E-state index contributed by atoms with van der Waals surface area (Å²) in [7, 11) is 2.12. The van der Waals surface area contributed by atoms with Crippen LogP contribution >= 0.6 is 0 Å². The van der Waals surface area contributed by atoms with Crippen molar-refractivity contribution < 1.29 is 9.59 Å². The zero-order valence-electron chi connectivity index (χ0n) is 16.1. The standard InChI is InChI=1S/C21H26N4O2/c1-15-4-5-18(14-16(15)2)23-21(27)20(26)22-17-6-8-19(9-7-17)25-12-10-24(3)11-13-25/h4-9,14H,10-13H2,1-3H3,(H,22,26)(H,23,27). The number of nitrogens with zero attached hydrogens (tertiary/aromatic N) is 2. The summed E-state index contributed by atoms with van der Waals surface area (Å²) in [6.45, 7) is 8.02. The molecule has 0 atom stereocenters. The van der Waals surface area contributed by atoms with E-state index in [-0.39, 0.29) is 0 Å². The SMILES string of the molecule is Cc1ccc(NC(=O)C(=O)Nc2ccc(N3CCN(C)CC3)cc2)cc1C. The van der Waals surface area contributed by atoms with Crippen LogP contribution in [0.15, 0.2) is 42.5 Å². The van der Waals surface area contributed by atoms with Crippen molar-refractivity contribution in [2.75, 3.05) is 48.8 Å². The first-order valence-corrected chi connectivity index (χ1v) is 9.15. The zero-order chi connectivity index (χ0) is 19.4. The molecule has 0 aliphatic carbocycles. The van der Waals surface area contributed by atoms with Crippen molar-refractivity contribution in [3.63, 3.8) is 0 Å². The summed E-state index contributed by atoms with van der Waals surface area (Å²) in [6.07, 6.45) is 0. The maximum atomic E-state index is 12.2. The lowest BCUT2D eigenvalue weighted by atomic mass is 10.1. The van der Waals surface area contributed by atoms with Crippen LogP contribution in [0.3, 0.4) is 0 Å². The van der Waals surface area contributed by atoms with Gasteiger partial charge in [0, 0.05) is 43.2 Å². The van der Waals surface area contributed by atoms with Crippen molar-refractivity contribution in [1.29, 1.82) is 0 Å². The molecular weight excluding hydrogens is 340 g/mol. The molecule has 2 N–H and O–H groups in total. The van der Waals surface area contributed by atoms with Crippen LogP contribution in [-0.2, 0) is 9.59 Å². The number of carbonyl (C=O) groups excluding carboxylic acids is 2. The van der Waals surface area contributed by atoms with E-state index in [2.05, 4.69) is 27.5 Å². The first-order valence-electron chi connectivity index (χ1n) is 9.15. The Bertz CT molecular complexity index is 825. The van der Waals surface area contributed by atoms with E-state index in [1.807, 2.05) is 50.2 Å². The molecule has 2 aromatic rings. The lowest BCUT2D eigenvalue weighted by Gasteiger charge is -2.34. The van der Waals surface area contributed by atoms with E-state index < -0.39 is 11.8 Å². The molecule has 2 aromatic carbocycles. The maximum absolute atomic E-state index is 12.2. The van der Waals surface area contributed by atoms with Gasteiger partial charge < -0.3 is 20.4 Å². The van der Waals surface area contributed by atoms with E-state index in [0.29, 0.717) is 11.4 Å². The Balaban J connectivity index is 1.56.